The molecule has 1 aromatic carbocycles. The number of para-hydroxylation sites is 1. The number of alkyl halides is 1. The Morgan fingerprint density at radius 1 is 1.43 bits per heavy atom. The molecule has 1 aliphatic rings. The maximum atomic E-state index is 13.0. The molecule has 2 atom stereocenters. The van der Waals surface area contributed by atoms with Crippen molar-refractivity contribution in [1.82, 2.24) is 9.88 Å². The second kappa shape index (κ2) is 5.64. The van der Waals surface area contributed by atoms with E-state index in [-0.39, 0.29) is 11.9 Å². The molecule has 110 valence electrons. The molecule has 2 unspecified atom stereocenters. The van der Waals surface area contributed by atoms with E-state index in [4.69, 9.17) is 11.6 Å². The van der Waals surface area contributed by atoms with Crippen molar-refractivity contribution >= 4 is 28.4 Å². The van der Waals surface area contributed by atoms with Crippen LogP contribution >= 0.6 is 11.6 Å². The first-order valence-corrected chi connectivity index (χ1v) is 7.88. The summed E-state index contributed by atoms with van der Waals surface area (Å²) in [6.07, 6.45) is 1.02. The summed E-state index contributed by atoms with van der Waals surface area (Å²) in [5.41, 5.74) is 2.48. The number of hydrogen-bond donors (Lipinski definition) is 0. The van der Waals surface area contributed by atoms with Gasteiger partial charge in [0.2, 0.25) is 0 Å². The standard InChI is InChI=1S/C17H19ClN2O/c1-11-7-8-20(16(11)10-18)17(21)14-9-12(2)19-15-6-4-3-5-13(14)15/h3-6,9,11,16H,7-8,10H2,1-2H3. The van der Waals surface area contributed by atoms with Crippen LogP contribution in [0.2, 0.25) is 0 Å². The molecule has 1 saturated heterocycles. The van der Waals surface area contributed by atoms with Gasteiger partial charge in [-0.2, -0.15) is 0 Å². The third-order valence-electron chi connectivity index (χ3n) is 4.38. The number of aromatic nitrogens is 1. The van der Waals surface area contributed by atoms with Crippen LogP contribution in [-0.4, -0.2) is 34.3 Å². The van der Waals surface area contributed by atoms with Gasteiger partial charge in [-0.15, -0.1) is 11.6 Å². The third-order valence-corrected chi connectivity index (χ3v) is 4.69. The number of benzene rings is 1. The molecule has 1 amide bonds. The van der Waals surface area contributed by atoms with Crippen molar-refractivity contribution in [3.05, 3.63) is 41.6 Å². The third kappa shape index (κ3) is 2.51. The molecule has 3 rings (SSSR count). The van der Waals surface area contributed by atoms with E-state index in [0.717, 1.165) is 35.1 Å². The van der Waals surface area contributed by atoms with E-state index < -0.39 is 0 Å². The molecule has 2 aromatic rings. The lowest BCUT2D eigenvalue weighted by Gasteiger charge is -2.25. The zero-order chi connectivity index (χ0) is 15.0. The average molecular weight is 303 g/mol. The minimum atomic E-state index is 0.0756. The molecule has 1 aliphatic heterocycles. The summed E-state index contributed by atoms with van der Waals surface area (Å²) in [6, 6.07) is 9.82. The van der Waals surface area contributed by atoms with Crippen LogP contribution in [0.25, 0.3) is 10.9 Å². The lowest BCUT2D eigenvalue weighted by atomic mass is 10.0. The Morgan fingerprint density at radius 3 is 2.95 bits per heavy atom. The van der Waals surface area contributed by atoms with Crippen molar-refractivity contribution in [2.24, 2.45) is 5.92 Å². The number of amides is 1. The number of hydrogen-bond acceptors (Lipinski definition) is 2. The van der Waals surface area contributed by atoms with Crippen molar-refractivity contribution in [2.45, 2.75) is 26.3 Å². The van der Waals surface area contributed by atoms with Crippen LogP contribution in [0.5, 0.6) is 0 Å². The van der Waals surface area contributed by atoms with Crippen LogP contribution in [-0.2, 0) is 0 Å². The molecule has 2 heterocycles. The Kier molecular flexibility index (Phi) is 3.85. The van der Waals surface area contributed by atoms with Crippen LogP contribution in [0, 0.1) is 12.8 Å². The van der Waals surface area contributed by atoms with Crippen LogP contribution in [0.4, 0.5) is 0 Å². The smallest absolute Gasteiger partial charge is 0.254 e. The molecule has 3 nitrogen and oxygen atoms in total. The minimum absolute atomic E-state index is 0.0756. The Morgan fingerprint density at radius 2 is 2.19 bits per heavy atom. The molecule has 0 saturated carbocycles. The molecular weight excluding hydrogens is 284 g/mol. The average Bonchev–Trinajstić information content (AvgIpc) is 2.86. The summed E-state index contributed by atoms with van der Waals surface area (Å²) in [4.78, 5) is 19.4. The van der Waals surface area contributed by atoms with E-state index in [0.29, 0.717) is 11.8 Å². The molecule has 0 spiro atoms. The summed E-state index contributed by atoms with van der Waals surface area (Å²) >= 11 is 6.07. The van der Waals surface area contributed by atoms with Crippen molar-refractivity contribution in [1.29, 1.82) is 0 Å². The number of nitrogens with zero attached hydrogens (tertiary/aromatic N) is 2. The van der Waals surface area contributed by atoms with Gasteiger partial charge in [0, 0.05) is 29.5 Å². The van der Waals surface area contributed by atoms with E-state index in [2.05, 4.69) is 11.9 Å². The van der Waals surface area contributed by atoms with E-state index in [1.54, 1.807) is 0 Å². The topological polar surface area (TPSA) is 33.2 Å². The molecule has 0 bridgehead atoms. The van der Waals surface area contributed by atoms with Crippen LogP contribution < -0.4 is 0 Å². The summed E-state index contributed by atoms with van der Waals surface area (Å²) < 4.78 is 0. The van der Waals surface area contributed by atoms with Gasteiger partial charge in [0.05, 0.1) is 11.1 Å². The molecule has 1 aromatic heterocycles. The first-order valence-electron chi connectivity index (χ1n) is 7.35. The fourth-order valence-electron chi connectivity index (χ4n) is 3.14. The second-order valence-corrected chi connectivity index (χ2v) is 6.12. The largest absolute Gasteiger partial charge is 0.334 e. The summed E-state index contributed by atoms with van der Waals surface area (Å²) in [6.45, 7) is 4.87. The quantitative estimate of drug-likeness (QED) is 0.794. The maximum Gasteiger partial charge on any atom is 0.254 e. The molecule has 0 N–H and O–H groups in total. The van der Waals surface area contributed by atoms with E-state index >= 15 is 0 Å². The van der Waals surface area contributed by atoms with E-state index in [9.17, 15) is 4.79 Å². The molecule has 4 heteroatoms. The van der Waals surface area contributed by atoms with Crippen molar-refractivity contribution in [3.63, 3.8) is 0 Å². The van der Waals surface area contributed by atoms with Gasteiger partial charge in [-0.3, -0.25) is 9.78 Å². The number of carbonyl (C=O) groups is 1. The van der Waals surface area contributed by atoms with E-state index in [1.807, 2.05) is 42.2 Å². The molecule has 0 radical (unpaired) electrons. The zero-order valence-corrected chi connectivity index (χ0v) is 13.1. The highest BCUT2D eigenvalue weighted by atomic mass is 35.5. The summed E-state index contributed by atoms with van der Waals surface area (Å²) in [7, 11) is 0. The number of pyridine rings is 1. The van der Waals surface area contributed by atoms with Gasteiger partial charge in [0.15, 0.2) is 0 Å². The van der Waals surface area contributed by atoms with E-state index in [1.165, 1.54) is 0 Å². The number of likely N-dealkylation sites (tertiary alicyclic amines) is 1. The van der Waals surface area contributed by atoms with Crippen LogP contribution in [0.15, 0.2) is 30.3 Å². The highest BCUT2D eigenvalue weighted by molar-refractivity contribution is 6.18. The summed E-state index contributed by atoms with van der Waals surface area (Å²) in [5, 5.41) is 0.918. The van der Waals surface area contributed by atoms with Crippen molar-refractivity contribution in [2.75, 3.05) is 12.4 Å². The molecule has 0 aliphatic carbocycles. The number of halogens is 1. The van der Waals surface area contributed by atoms with Crippen molar-refractivity contribution in [3.8, 4) is 0 Å². The maximum absolute atomic E-state index is 13.0. The van der Waals surface area contributed by atoms with Gasteiger partial charge < -0.3 is 4.90 Å². The fraction of sp³-hybridized carbons (Fsp3) is 0.412. The van der Waals surface area contributed by atoms with Gasteiger partial charge >= 0.3 is 0 Å². The molecular formula is C17H19ClN2O. The lowest BCUT2D eigenvalue weighted by molar-refractivity contribution is 0.0739. The molecule has 1 fully saturated rings. The fourth-order valence-corrected chi connectivity index (χ4v) is 3.61. The Labute approximate surface area is 129 Å². The van der Waals surface area contributed by atoms with Gasteiger partial charge in [-0.1, -0.05) is 25.1 Å². The Balaban J connectivity index is 2.06. The van der Waals surface area contributed by atoms with Crippen molar-refractivity contribution < 1.29 is 4.79 Å². The Hall–Kier alpha value is -1.61. The highest BCUT2D eigenvalue weighted by Crippen LogP contribution is 2.28. The van der Waals surface area contributed by atoms with Crippen LogP contribution in [0.3, 0.4) is 0 Å². The number of fused-ring (bicyclic) bond motifs is 1. The summed E-state index contributed by atoms with van der Waals surface area (Å²) in [5.74, 6) is 1.03. The SMILES string of the molecule is Cc1cc(C(=O)N2CCC(C)C2CCl)c2ccccc2n1. The zero-order valence-electron chi connectivity index (χ0n) is 12.3. The predicted molar refractivity (Wildman–Crippen MR) is 85.8 cm³/mol. The lowest BCUT2D eigenvalue weighted by Crippen LogP contribution is -2.38. The number of aryl methyl sites for hydroxylation is 1. The number of rotatable bonds is 2. The van der Waals surface area contributed by atoms with Crippen LogP contribution in [0.1, 0.15) is 29.4 Å². The first-order chi connectivity index (χ1) is 10.1. The minimum Gasteiger partial charge on any atom is -0.334 e. The van der Waals surface area contributed by atoms with Gasteiger partial charge in [0.25, 0.3) is 5.91 Å². The Bertz CT molecular complexity index is 686. The van der Waals surface area contributed by atoms with Gasteiger partial charge in [-0.25, -0.2) is 0 Å². The van der Waals surface area contributed by atoms with Gasteiger partial charge in [-0.05, 0) is 31.4 Å². The predicted octanol–water partition coefficient (Wildman–Crippen LogP) is 3.63. The highest BCUT2D eigenvalue weighted by Gasteiger charge is 2.34. The second-order valence-electron chi connectivity index (χ2n) is 5.81. The molecule has 21 heavy (non-hydrogen) atoms. The normalized spacial score (nSPS) is 22.0. The first kappa shape index (κ1) is 14.3. The number of carbonyl (C=O) groups excluding carboxylic acids is 1. The van der Waals surface area contributed by atoms with Gasteiger partial charge in [0.1, 0.15) is 0 Å². The monoisotopic (exact) mass is 302 g/mol.